The Balaban J connectivity index is 1.83. The molecular formula is C20H22N2O2. The minimum atomic E-state index is -0.677. The third-order valence-corrected chi connectivity index (χ3v) is 5.25. The van der Waals surface area contributed by atoms with E-state index in [9.17, 15) is 9.90 Å². The lowest BCUT2D eigenvalue weighted by Gasteiger charge is -2.33. The Kier molecular flexibility index (Phi) is 3.66. The Hall–Kier alpha value is -2.17. The maximum atomic E-state index is 13.3. The fourth-order valence-corrected chi connectivity index (χ4v) is 3.94. The van der Waals surface area contributed by atoms with Crippen molar-refractivity contribution in [3.05, 3.63) is 65.7 Å². The SMILES string of the molecule is CNCC(O)C(c1ccccc1)N1C(=O)C2(CC2)c2ccccc21. The topological polar surface area (TPSA) is 52.6 Å². The number of aliphatic hydroxyl groups excluding tert-OH is 1. The van der Waals surface area contributed by atoms with Gasteiger partial charge in [0.15, 0.2) is 0 Å². The number of nitrogens with one attached hydrogen (secondary N) is 1. The number of aliphatic hydroxyl groups is 1. The Morgan fingerprint density at radius 3 is 2.46 bits per heavy atom. The predicted molar refractivity (Wildman–Crippen MR) is 94.0 cm³/mol. The van der Waals surface area contributed by atoms with Crippen LogP contribution in [0.5, 0.6) is 0 Å². The fraction of sp³-hybridized carbons (Fsp3) is 0.350. The molecule has 2 aromatic rings. The third-order valence-electron chi connectivity index (χ3n) is 5.25. The number of benzene rings is 2. The molecule has 4 heteroatoms. The Labute approximate surface area is 142 Å². The number of anilines is 1. The van der Waals surface area contributed by atoms with Gasteiger partial charge >= 0.3 is 0 Å². The van der Waals surface area contributed by atoms with Crippen molar-refractivity contribution in [1.82, 2.24) is 5.32 Å². The highest BCUT2D eigenvalue weighted by Gasteiger charge is 2.60. The number of carbonyl (C=O) groups excluding carboxylic acids is 1. The van der Waals surface area contributed by atoms with E-state index in [4.69, 9.17) is 0 Å². The molecular weight excluding hydrogens is 300 g/mol. The summed E-state index contributed by atoms with van der Waals surface area (Å²) >= 11 is 0. The molecule has 2 N–H and O–H groups in total. The highest BCUT2D eigenvalue weighted by atomic mass is 16.3. The van der Waals surface area contributed by atoms with Gasteiger partial charge in [-0.3, -0.25) is 4.79 Å². The van der Waals surface area contributed by atoms with Gasteiger partial charge in [0.2, 0.25) is 5.91 Å². The van der Waals surface area contributed by atoms with Crippen LogP contribution in [0.25, 0.3) is 0 Å². The largest absolute Gasteiger partial charge is 0.389 e. The van der Waals surface area contributed by atoms with Crippen LogP contribution in [0.4, 0.5) is 5.69 Å². The van der Waals surface area contributed by atoms with Gasteiger partial charge in [0.05, 0.1) is 17.6 Å². The zero-order valence-corrected chi connectivity index (χ0v) is 13.8. The van der Waals surface area contributed by atoms with Crippen molar-refractivity contribution in [3.8, 4) is 0 Å². The number of rotatable bonds is 5. The smallest absolute Gasteiger partial charge is 0.238 e. The second kappa shape index (κ2) is 5.72. The molecule has 2 aliphatic rings. The summed E-state index contributed by atoms with van der Waals surface area (Å²) in [4.78, 5) is 15.1. The van der Waals surface area contributed by atoms with E-state index in [0.29, 0.717) is 6.54 Å². The second-order valence-electron chi connectivity index (χ2n) is 6.75. The first kappa shape index (κ1) is 15.4. The van der Waals surface area contributed by atoms with Crippen molar-refractivity contribution in [2.45, 2.75) is 30.4 Å². The van der Waals surface area contributed by atoms with Crippen LogP contribution in [-0.4, -0.2) is 30.7 Å². The molecule has 4 nitrogen and oxygen atoms in total. The molecule has 24 heavy (non-hydrogen) atoms. The molecule has 1 spiro atoms. The molecule has 124 valence electrons. The number of likely N-dealkylation sites (N-methyl/N-ethyl adjacent to an activating group) is 1. The average molecular weight is 322 g/mol. The van der Waals surface area contributed by atoms with Crippen LogP contribution in [-0.2, 0) is 10.2 Å². The lowest BCUT2D eigenvalue weighted by molar-refractivity contribution is -0.121. The first-order valence-corrected chi connectivity index (χ1v) is 8.50. The molecule has 0 bridgehead atoms. The quantitative estimate of drug-likeness (QED) is 0.889. The van der Waals surface area contributed by atoms with Crippen molar-refractivity contribution in [2.75, 3.05) is 18.5 Å². The highest BCUT2D eigenvalue weighted by Crippen LogP contribution is 2.59. The van der Waals surface area contributed by atoms with Gasteiger partial charge in [0.1, 0.15) is 0 Å². The standard InChI is InChI=1S/C20H22N2O2/c1-21-13-17(23)18(14-7-3-2-4-8-14)22-16-10-6-5-9-15(16)20(11-12-20)19(22)24/h2-10,17-18,21,23H,11-13H2,1H3. The molecule has 1 aliphatic heterocycles. The summed E-state index contributed by atoms with van der Waals surface area (Å²) in [6.45, 7) is 0.429. The summed E-state index contributed by atoms with van der Waals surface area (Å²) in [6, 6.07) is 17.5. The maximum absolute atomic E-state index is 13.3. The van der Waals surface area contributed by atoms with Crippen molar-refractivity contribution >= 4 is 11.6 Å². The lowest BCUT2D eigenvalue weighted by atomic mass is 9.98. The van der Waals surface area contributed by atoms with Crippen LogP contribution in [0.1, 0.15) is 30.0 Å². The van der Waals surface area contributed by atoms with Crippen LogP contribution in [0.3, 0.4) is 0 Å². The summed E-state index contributed by atoms with van der Waals surface area (Å²) < 4.78 is 0. The molecule has 4 rings (SSSR count). The molecule has 1 aliphatic carbocycles. The summed E-state index contributed by atoms with van der Waals surface area (Å²) in [5, 5.41) is 13.8. The van der Waals surface area contributed by atoms with E-state index in [1.54, 1.807) is 0 Å². The van der Waals surface area contributed by atoms with Crippen molar-refractivity contribution in [1.29, 1.82) is 0 Å². The molecule has 1 saturated carbocycles. The molecule has 0 aromatic heterocycles. The molecule has 1 fully saturated rings. The molecule has 0 saturated heterocycles. The number of nitrogens with zero attached hydrogens (tertiary/aromatic N) is 1. The number of fused-ring (bicyclic) bond motifs is 2. The molecule has 1 amide bonds. The fourth-order valence-electron chi connectivity index (χ4n) is 3.94. The minimum absolute atomic E-state index is 0.132. The molecule has 2 unspecified atom stereocenters. The van der Waals surface area contributed by atoms with E-state index in [-0.39, 0.29) is 17.4 Å². The van der Waals surface area contributed by atoms with E-state index in [2.05, 4.69) is 11.4 Å². The second-order valence-corrected chi connectivity index (χ2v) is 6.75. The molecule has 2 aromatic carbocycles. The van der Waals surface area contributed by atoms with E-state index < -0.39 is 6.10 Å². The predicted octanol–water partition coefficient (Wildman–Crippen LogP) is 2.39. The van der Waals surface area contributed by atoms with Gasteiger partial charge in [-0.05, 0) is 37.1 Å². The van der Waals surface area contributed by atoms with E-state index >= 15 is 0 Å². The summed E-state index contributed by atoms with van der Waals surface area (Å²) in [6.07, 6.45) is 1.13. The summed E-state index contributed by atoms with van der Waals surface area (Å²) in [7, 11) is 1.81. The Morgan fingerprint density at radius 2 is 1.79 bits per heavy atom. The zero-order valence-electron chi connectivity index (χ0n) is 13.8. The van der Waals surface area contributed by atoms with Crippen molar-refractivity contribution < 1.29 is 9.90 Å². The van der Waals surface area contributed by atoms with Crippen LogP contribution >= 0.6 is 0 Å². The number of hydrogen-bond donors (Lipinski definition) is 2. The normalized spacial score (nSPS) is 20.1. The molecule has 1 heterocycles. The lowest BCUT2D eigenvalue weighted by Crippen LogP contribution is -2.44. The highest BCUT2D eigenvalue weighted by molar-refractivity contribution is 6.10. The summed E-state index contributed by atoms with van der Waals surface area (Å²) in [5.74, 6) is 0.132. The van der Waals surface area contributed by atoms with Crippen molar-refractivity contribution in [3.63, 3.8) is 0 Å². The van der Waals surface area contributed by atoms with Gasteiger partial charge in [-0.15, -0.1) is 0 Å². The average Bonchev–Trinajstić information content (AvgIpc) is 3.38. The number of amides is 1. The third kappa shape index (κ3) is 2.18. The van der Waals surface area contributed by atoms with Crippen LogP contribution in [0, 0.1) is 0 Å². The molecule has 0 radical (unpaired) electrons. The van der Waals surface area contributed by atoms with E-state index in [1.165, 1.54) is 0 Å². The zero-order chi connectivity index (χ0) is 16.7. The van der Waals surface area contributed by atoms with Crippen LogP contribution in [0.15, 0.2) is 54.6 Å². The van der Waals surface area contributed by atoms with Gasteiger partial charge < -0.3 is 15.3 Å². The van der Waals surface area contributed by atoms with Crippen LogP contribution < -0.4 is 10.2 Å². The van der Waals surface area contributed by atoms with E-state index in [0.717, 1.165) is 29.7 Å². The Morgan fingerprint density at radius 1 is 1.12 bits per heavy atom. The monoisotopic (exact) mass is 322 g/mol. The van der Waals surface area contributed by atoms with Gasteiger partial charge in [0.25, 0.3) is 0 Å². The van der Waals surface area contributed by atoms with Gasteiger partial charge in [-0.1, -0.05) is 48.5 Å². The first-order valence-electron chi connectivity index (χ1n) is 8.50. The number of hydrogen-bond acceptors (Lipinski definition) is 3. The molecule has 2 atom stereocenters. The van der Waals surface area contributed by atoms with Gasteiger partial charge in [0, 0.05) is 12.2 Å². The van der Waals surface area contributed by atoms with Crippen LogP contribution in [0.2, 0.25) is 0 Å². The van der Waals surface area contributed by atoms with Gasteiger partial charge in [-0.25, -0.2) is 0 Å². The Bertz CT molecular complexity index is 755. The minimum Gasteiger partial charge on any atom is -0.389 e. The number of para-hydroxylation sites is 1. The maximum Gasteiger partial charge on any atom is 0.238 e. The van der Waals surface area contributed by atoms with Gasteiger partial charge in [-0.2, -0.15) is 0 Å². The van der Waals surface area contributed by atoms with Crippen molar-refractivity contribution in [2.24, 2.45) is 0 Å². The summed E-state index contributed by atoms with van der Waals surface area (Å²) in [5.41, 5.74) is 2.68. The first-order chi connectivity index (χ1) is 11.7. The van der Waals surface area contributed by atoms with E-state index in [1.807, 2.05) is 60.5 Å². The number of carbonyl (C=O) groups is 1.